The Kier molecular flexibility index (Phi) is 8.96. The molecule has 8 nitrogen and oxygen atoms in total. The molecule has 4 aliphatic rings. The number of nitrogens with zero attached hydrogens (tertiary/aromatic N) is 7. The molecule has 1 N–H and O–H groups in total. The minimum atomic E-state index is -0.437. The number of hydrogen-bond acceptors (Lipinski definition) is 4. The molecule has 1 spiro atoms. The van der Waals surface area contributed by atoms with E-state index in [1.165, 1.54) is 44.1 Å². The Morgan fingerprint density at radius 2 is 1.08 bits per heavy atom. The van der Waals surface area contributed by atoms with Gasteiger partial charge in [-0.2, -0.15) is 4.98 Å². The van der Waals surface area contributed by atoms with Crippen molar-refractivity contribution in [2.45, 2.75) is 18.1 Å². The molecule has 3 atom stereocenters. The van der Waals surface area contributed by atoms with Gasteiger partial charge in [0.15, 0.2) is 11.6 Å². The molecule has 0 amide bonds. The minimum absolute atomic E-state index is 0. The van der Waals surface area contributed by atoms with Crippen LogP contribution < -0.4 is 10.2 Å². The summed E-state index contributed by atoms with van der Waals surface area (Å²) in [5, 5.41) is 11.4. The number of halogens is 1. The number of fused-ring (bicyclic) bond motifs is 14. The summed E-state index contributed by atoms with van der Waals surface area (Å²) in [5.41, 5.74) is 15.9. The number of nitrogens with one attached hydrogen (secondary N) is 1. The molecule has 0 saturated heterocycles. The summed E-state index contributed by atoms with van der Waals surface area (Å²) in [4.78, 5) is 14.2. The van der Waals surface area contributed by atoms with Gasteiger partial charge in [-0.3, -0.25) is 9.13 Å². The van der Waals surface area contributed by atoms with Crippen molar-refractivity contribution >= 4 is 124 Å². The minimum Gasteiger partial charge on any atom is -0.342 e. The Hall–Kier alpha value is -8.93. The highest BCUT2D eigenvalue weighted by atomic mass is 127. The van der Waals surface area contributed by atoms with E-state index in [2.05, 4.69) is 265 Å². The highest BCUT2D eigenvalue weighted by molar-refractivity contribution is 14.0. The van der Waals surface area contributed by atoms with Crippen molar-refractivity contribution in [1.82, 2.24) is 23.3 Å². The summed E-state index contributed by atoms with van der Waals surface area (Å²) in [6.45, 7) is 0. The fourth-order valence-corrected chi connectivity index (χ4v) is 13.4. The third-order valence-electron chi connectivity index (χ3n) is 16.5. The Morgan fingerprint density at radius 3 is 1.80 bits per heavy atom. The van der Waals surface area contributed by atoms with E-state index in [1.54, 1.807) is 0 Å². The summed E-state index contributed by atoms with van der Waals surface area (Å²) in [6, 6.07) is 78.9. The first-order chi connectivity index (χ1) is 36.7. The van der Waals surface area contributed by atoms with Crippen LogP contribution in [0.4, 0.5) is 23.0 Å². The van der Waals surface area contributed by atoms with E-state index in [4.69, 9.17) is 9.98 Å². The first-order valence-electron chi connectivity index (χ1n) is 25.6. The maximum absolute atomic E-state index is 5.77. The van der Waals surface area contributed by atoms with Crippen LogP contribution in [0.1, 0.15) is 23.7 Å². The first kappa shape index (κ1) is 42.6. The number of rotatable bonds is 6. The van der Waals surface area contributed by atoms with Gasteiger partial charge in [0.25, 0.3) is 0 Å². The zero-order valence-electron chi connectivity index (χ0n) is 40.4. The number of anilines is 3. The molecular formula is C66H45IN8. The Bertz CT molecular complexity index is 4620. The molecule has 0 radical (unpaired) electrons. The lowest BCUT2D eigenvalue weighted by Gasteiger charge is -2.31. The van der Waals surface area contributed by atoms with Crippen LogP contribution in [0.5, 0.6) is 0 Å². The zero-order valence-corrected chi connectivity index (χ0v) is 42.7. The van der Waals surface area contributed by atoms with Gasteiger partial charge in [-0.15, -0.1) is 24.0 Å². The monoisotopic (exact) mass is 1080 g/mol. The van der Waals surface area contributed by atoms with Crippen molar-refractivity contribution in [3.8, 4) is 17.3 Å². The van der Waals surface area contributed by atoms with E-state index in [9.17, 15) is 0 Å². The molecule has 0 bridgehead atoms. The van der Waals surface area contributed by atoms with Gasteiger partial charge in [-0.25, -0.2) is 4.99 Å². The summed E-state index contributed by atoms with van der Waals surface area (Å²) < 4.78 is 9.59. The molecule has 4 aromatic heterocycles. The van der Waals surface area contributed by atoms with Gasteiger partial charge in [0.2, 0.25) is 5.95 Å². The van der Waals surface area contributed by atoms with E-state index in [0.29, 0.717) is 11.7 Å². The highest BCUT2D eigenvalue weighted by Gasteiger charge is 2.65. The summed E-state index contributed by atoms with van der Waals surface area (Å²) in [7, 11) is 0. The highest BCUT2D eigenvalue weighted by Crippen LogP contribution is 2.69. The van der Waals surface area contributed by atoms with Gasteiger partial charge in [-0.05, 0) is 78.7 Å². The van der Waals surface area contributed by atoms with E-state index < -0.39 is 6.17 Å². The predicted octanol–water partition coefficient (Wildman–Crippen LogP) is 16.4. The van der Waals surface area contributed by atoms with E-state index in [-0.39, 0.29) is 29.5 Å². The van der Waals surface area contributed by atoms with Crippen molar-refractivity contribution in [3.05, 3.63) is 248 Å². The van der Waals surface area contributed by atoms with Crippen LogP contribution in [0.2, 0.25) is 0 Å². The third kappa shape index (κ3) is 5.70. The Balaban J connectivity index is 0.00000476. The lowest BCUT2D eigenvalue weighted by Crippen LogP contribution is -2.31. The van der Waals surface area contributed by atoms with Crippen LogP contribution in [-0.4, -0.2) is 34.5 Å². The van der Waals surface area contributed by atoms with Crippen LogP contribution >= 0.6 is 24.0 Å². The van der Waals surface area contributed by atoms with Gasteiger partial charge in [0.1, 0.15) is 6.17 Å². The van der Waals surface area contributed by atoms with Gasteiger partial charge >= 0.3 is 0 Å². The topological polar surface area (TPSA) is 60.2 Å². The number of aromatic nitrogens is 5. The molecule has 75 heavy (non-hydrogen) atoms. The zero-order chi connectivity index (χ0) is 48.2. The van der Waals surface area contributed by atoms with Gasteiger partial charge in [0, 0.05) is 60.7 Å². The standard InChI is InChI=1S/C66H44N8.HI/c1-5-20-41(21-6-1)59-63(72-54-35-18-15-31-50(54)58-56(72)39-37-48-51-32-19-22-42-40-66(42,51)74(61(48)58)45-27-11-4-12-28-45)69-64-62(67-59)68-65(71(64)44-25-9-3-10-26-44)73-52-33-16-13-29-46(52)47-36-38-55-57(60(47)73)49-30-14-17-34-53(49)70(55)43-23-7-2-8-24-43;/h1-39,42,63,69H,40H2;1H. The largest absolute Gasteiger partial charge is 0.342 e. The third-order valence-corrected chi connectivity index (χ3v) is 16.5. The van der Waals surface area contributed by atoms with Crippen molar-refractivity contribution in [2.24, 2.45) is 10.9 Å². The number of aliphatic imine (C=N–C) groups is 1. The summed E-state index contributed by atoms with van der Waals surface area (Å²) >= 11 is 0. The molecule has 17 rings (SSSR count). The van der Waals surface area contributed by atoms with Crippen molar-refractivity contribution in [1.29, 1.82) is 0 Å². The molecule has 2 aliphatic heterocycles. The average Bonchev–Trinajstić information content (AvgIpc) is 4.04. The summed E-state index contributed by atoms with van der Waals surface area (Å²) in [6.07, 6.45) is 7.71. The molecule has 9 heteroatoms. The fourth-order valence-electron chi connectivity index (χ4n) is 13.4. The number of imidazole rings is 1. The van der Waals surface area contributed by atoms with E-state index in [1.807, 2.05) is 0 Å². The van der Waals surface area contributed by atoms with E-state index >= 15 is 0 Å². The number of allylic oxidation sites excluding steroid dienone is 2. The van der Waals surface area contributed by atoms with Crippen LogP contribution in [-0.2, 0) is 0 Å². The molecule has 356 valence electrons. The maximum atomic E-state index is 5.77. The molecule has 6 heterocycles. The molecule has 1 fully saturated rings. The average molecular weight is 1080 g/mol. The molecule has 1 saturated carbocycles. The van der Waals surface area contributed by atoms with Gasteiger partial charge < -0.3 is 19.4 Å². The SMILES string of the molecule is C1=CC2CC23C(=C1)c1ccc2c(c1N3c1ccccc1)c1ccccc1n2C1Nc2c(nc(-n3c4ccccc4c4ccc5c(c6ccccc6n5-c5ccccc5)c43)n2-c2ccccc2)N=C1c1ccccc1.I. The summed E-state index contributed by atoms with van der Waals surface area (Å²) in [5.74, 6) is 2.65. The second-order valence-electron chi connectivity index (χ2n) is 20.2. The number of hydrogen-bond donors (Lipinski definition) is 1. The van der Waals surface area contributed by atoms with E-state index in [0.717, 1.165) is 84.7 Å². The number of benzene rings is 9. The van der Waals surface area contributed by atoms with Gasteiger partial charge in [0.05, 0.1) is 55.7 Å². The Morgan fingerprint density at radius 1 is 0.493 bits per heavy atom. The first-order valence-corrected chi connectivity index (χ1v) is 25.6. The van der Waals surface area contributed by atoms with Crippen molar-refractivity contribution in [2.75, 3.05) is 10.2 Å². The predicted molar refractivity (Wildman–Crippen MR) is 319 cm³/mol. The molecular weight excluding hydrogens is 1030 g/mol. The van der Waals surface area contributed by atoms with Crippen LogP contribution in [0, 0.1) is 5.92 Å². The van der Waals surface area contributed by atoms with Crippen LogP contribution in [0.15, 0.2) is 242 Å². The second-order valence-corrected chi connectivity index (χ2v) is 20.2. The number of para-hydroxylation sites is 6. The van der Waals surface area contributed by atoms with Crippen molar-refractivity contribution < 1.29 is 0 Å². The van der Waals surface area contributed by atoms with Crippen molar-refractivity contribution in [3.63, 3.8) is 0 Å². The second kappa shape index (κ2) is 15.8. The normalized spacial score (nSPS) is 18.2. The molecule has 9 aromatic carbocycles. The lowest BCUT2D eigenvalue weighted by atomic mass is 9.94. The molecule has 13 aromatic rings. The maximum Gasteiger partial charge on any atom is 0.223 e. The van der Waals surface area contributed by atoms with Gasteiger partial charge in [-0.1, -0.05) is 170 Å². The lowest BCUT2D eigenvalue weighted by molar-refractivity contribution is 0.747. The fraction of sp³-hybridized carbons (Fsp3) is 0.0606. The quantitative estimate of drug-likeness (QED) is 0.169. The molecule has 2 aliphatic carbocycles. The van der Waals surface area contributed by atoms with Crippen LogP contribution in [0.3, 0.4) is 0 Å². The molecule has 3 unspecified atom stereocenters. The smallest absolute Gasteiger partial charge is 0.223 e. The van der Waals surface area contributed by atoms with Crippen LogP contribution in [0.25, 0.3) is 88.3 Å². The Labute approximate surface area is 448 Å².